The number of H-pyrrole nitrogens is 1. The first-order valence-corrected chi connectivity index (χ1v) is 6.09. The third kappa shape index (κ3) is 2.88. The second-order valence-corrected chi connectivity index (χ2v) is 3.86. The Labute approximate surface area is 119 Å². The number of nitrogens with one attached hydrogen (secondary N) is 1. The summed E-state index contributed by atoms with van der Waals surface area (Å²) in [6.45, 7) is 1.78. The number of aromatic amines is 1. The maximum absolute atomic E-state index is 12.3. The number of carbonyl (C=O) groups excluding carboxylic acids is 1. The lowest BCUT2D eigenvalue weighted by Gasteiger charge is -2.08. The highest BCUT2D eigenvalue weighted by Gasteiger charge is 2.15. The highest BCUT2D eigenvalue weighted by atomic mass is 16.7. The van der Waals surface area contributed by atoms with Gasteiger partial charge in [-0.25, -0.2) is 4.79 Å². The van der Waals surface area contributed by atoms with Crippen LogP contribution in [0, 0.1) is 0 Å². The quantitative estimate of drug-likeness (QED) is 0.852. The van der Waals surface area contributed by atoms with Crippen LogP contribution in [0.5, 0.6) is 17.5 Å². The predicted molar refractivity (Wildman–Crippen MR) is 73.1 cm³/mol. The third-order valence-electron chi connectivity index (χ3n) is 2.64. The number of rotatable bonds is 4. The summed E-state index contributed by atoms with van der Waals surface area (Å²) in [6.07, 6.45) is 0.300. The van der Waals surface area contributed by atoms with Crippen molar-refractivity contribution in [1.82, 2.24) is 9.97 Å². The predicted octanol–water partition coefficient (Wildman–Crippen LogP) is 1.48. The average molecular weight is 294 g/mol. The first-order valence-electron chi connectivity index (χ1n) is 6.09. The van der Waals surface area contributed by atoms with Gasteiger partial charge in [-0.15, -0.1) is 0 Å². The fourth-order valence-corrected chi connectivity index (χ4v) is 1.72. The first-order chi connectivity index (χ1) is 10.1. The van der Waals surface area contributed by atoms with Gasteiger partial charge >= 0.3 is 6.16 Å². The second-order valence-electron chi connectivity index (χ2n) is 3.86. The molecule has 21 heavy (non-hydrogen) atoms. The Bertz CT molecular complexity index is 724. The van der Waals surface area contributed by atoms with E-state index in [9.17, 15) is 9.59 Å². The molecule has 0 bridgehead atoms. The molecule has 0 atom stereocenters. The highest BCUT2D eigenvalue weighted by molar-refractivity contribution is 5.85. The molecule has 8 heteroatoms. The molecule has 0 aromatic carbocycles. The van der Waals surface area contributed by atoms with E-state index in [4.69, 9.17) is 14.2 Å². The van der Waals surface area contributed by atoms with Crippen LogP contribution < -0.4 is 19.6 Å². The van der Waals surface area contributed by atoms with Crippen LogP contribution in [0.4, 0.5) is 4.79 Å². The van der Waals surface area contributed by atoms with Gasteiger partial charge in [-0.1, -0.05) is 0 Å². The summed E-state index contributed by atoms with van der Waals surface area (Å²) in [7, 11) is 2.84. The van der Waals surface area contributed by atoms with Crippen molar-refractivity contribution in [2.24, 2.45) is 0 Å². The van der Waals surface area contributed by atoms with Crippen molar-refractivity contribution in [2.45, 2.75) is 6.92 Å². The highest BCUT2D eigenvalue weighted by Crippen LogP contribution is 2.24. The zero-order valence-corrected chi connectivity index (χ0v) is 11.8. The molecule has 8 nitrogen and oxygen atoms in total. The fraction of sp³-hybridized carbons (Fsp3) is 0.308. The van der Waals surface area contributed by atoms with Crippen LogP contribution in [0.1, 0.15) is 6.92 Å². The number of carbonyl (C=O) groups is 1. The average Bonchev–Trinajstić information content (AvgIpc) is 2.49. The lowest BCUT2D eigenvalue weighted by Crippen LogP contribution is -2.16. The molecule has 0 saturated carbocycles. The summed E-state index contributed by atoms with van der Waals surface area (Å²) in [5, 5.41) is 0.223. The summed E-state index contributed by atoms with van der Waals surface area (Å²) in [4.78, 5) is 30.5. The maximum Gasteiger partial charge on any atom is 0.514 e. The van der Waals surface area contributed by atoms with Gasteiger partial charge in [-0.2, -0.15) is 4.98 Å². The molecule has 0 saturated heterocycles. The van der Waals surface area contributed by atoms with Crippen LogP contribution in [-0.4, -0.2) is 36.9 Å². The van der Waals surface area contributed by atoms with Crippen LogP contribution >= 0.6 is 0 Å². The van der Waals surface area contributed by atoms with Crippen molar-refractivity contribution in [3.63, 3.8) is 0 Å². The van der Waals surface area contributed by atoms with E-state index >= 15 is 0 Å². The van der Waals surface area contributed by atoms with Crippen LogP contribution in [0.2, 0.25) is 0 Å². The molecule has 0 aliphatic rings. The van der Waals surface area contributed by atoms with E-state index in [1.807, 2.05) is 0 Å². The minimum absolute atomic E-state index is 0.149. The molecule has 0 aliphatic heterocycles. The van der Waals surface area contributed by atoms with E-state index in [1.54, 1.807) is 6.92 Å². The Morgan fingerprint density at radius 2 is 2.10 bits per heavy atom. The molecule has 2 heterocycles. The topological polar surface area (TPSA) is 99.7 Å². The number of methoxy groups -OCH3 is 2. The fourth-order valence-electron chi connectivity index (χ4n) is 1.72. The Balaban J connectivity index is 2.55. The molecule has 0 unspecified atom stereocenters. The normalized spacial score (nSPS) is 10.2. The number of hydrogen-bond donors (Lipinski definition) is 1. The monoisotopic (exact) mass is 294 g/mol. The smallest absolute Gasteiger partial charge is 0.481 e. The van der Waals surface area contributed by atoms with Crippen LogP contribution in [0.3, 0.4) is 0 Å². The Morgan fingerprint density at radius 1 is 1.33 bits per heavy atom. The molecule has 0 spiro atoms. The summed E-state index contributed by atoms with van der Waals surface area (Å²) in [6, 6.07) is 1.43. The number of nitrogens with zero attached hydrogens (tertiary/aromatic N) is 1. The van der Waals surface area contributed by atoms with Gasteiger partial charge in [-0.3, -0.25) is 4.79 Å². The molecule has 0 amide bonds. The molecule has 2 rings (SSSR count). The van der Waals surface area contributed by atoms with Gasteiger partial charge < -0.3 is 23.9 Å². The van der Waals surface area contributed by atoms with Crippen LogP contribution in [0.25, 0.3) is 10.9 Å². The SMILES string of the molecule is CCOC(=O)Oc1c[nH]c2c(OC)nc(OC)cc2c1=O. The van der Waals surface area contributed by atoms with Gasteiger partial charge in [0.15, 0.2) is 5.75 Å². The van der Waals surface area contributed by atoms with E-state index in [-0.39, 0.29) is 29.5 Å². The standard InChI is InChI=1S/C13H14N2O6/c1-4-20-13(17)21-8-6-14-10-7(11(8)16)5-9(18-2)15-12(10)19-3/h5-6H,4H2,1-3H3,(H,14,16). The number of aromatic nitrogens is 2. The molecule has 0 aliphatic carbocycles. The molecule has 0 fully saturated rings. The summed E-state index contributed by atoms with van der Waals surface area (Å²) >= 11 is 0. The van der Waals surface area contributed by atoms with Crippen molar-refractivity contribution in [3.8, 4) is 17.5 Å². The van der Waals surface area contributed by atoms with Gasteiger partial charge in [0.2, 0.25) is 17.2 Å². The lowest BCUT2D eigenvalue weighted by atomic mass is 10.2. The van der Waals surface area contributed by atoms with Gasteiger partial charge in [0.25, 0.3) is 0 Å². The summed E-state index contributed by atoms with van der Waals surface area (Å²) in [5.74, 6) is 0.221. The number of ether oxygens (including phenoxy) is 4. The van der Waals surface area contributed by atoms with E-state index in [2.05, 4.69) is 14.7 Å². The van der Waals surface area contributed by atoms with Crippen molar-refractivity contribution in [2.75, 3.05) is 20.8 Å². The van der Waals surface area contributed by atoms with E-state index < -0.39 is 11.6 Å². The van der Waals surface area contributed by atoms with E-state index in [0.29, 0.717) is 5.52 Å². The Morgan fingerprint density at radius 3 is 2.71 bits per heavy atom. The molecule has 2 aromatic rings. The minimum Gasteiger partial charge on any atom is -0.481 e. The second kappa shape index (κ2) is 6.12. The van der Waals surface area contributed by atoms with Crippen LogP contribution in [-0.2, 0) is 4.74 Å². The van der Waals surface area contributed by atoms with Crippen LogP contribution in [0.15, 0.2) is 17.1 Å². The largest absolute Gasteiger partial charge is 0.514 e. The van der Waals surface area contributed by atoms with E-state index in [1.165, 1.54) is 26.5 Å². The molecule has 1 N–H and O–H groups in total. The molecular weight excluding hydrogens is 280 g/mol. The van der Waals surface area contributed by atoms with E-state index in [0.717, 1.165) is 0 Å². The Kier molecular flexibility index (Phi) is 4.27. The Hall–Kier alpha value is -2.77. The van der Waals surface area contributed by atoms with Crippen molar-refractivity contribution in [1.29, 1.82) is 0 Å². The van der Waals surface area contributed by atoms with Crippen molar-refractivity contribution in [3.05, 3.63) is 22.5 Å². The van der Waals surface area contributed by atoms with Gasteiger partial charge in [0.05, 0.1) is 26.2 Å². The minimum atomic E-state index is -0.949. The van der Waals surface area contributed by atoms with Gasteiger partial charge in [0, 0.05) is 12.3 Å². The number of fused-ring (bicyclic) bond motifs is 1. The van der Waals surface area contributed by atoms with Crippen molar-refractivity contribution >= 4 is 17.1 Å². The zero-order valence-electron chi connectivity index (χ0n) is 11.8. The van der Waals surface area contributed by atoms with Gasteiger partial charge in [0.1, 0.15) is 5.52 Å². The molecule has 2 aromatic heterocycles. The maximum atomic E-state index is 12.3. The zero-order chi connectivity index (χ0) is 15.4. The number of hydrogen-bond acceptors (Lipinski definition) is 7. The molecule has 112 valence electrons. The van der Waals surface area contributed by atoms with Crippen molar-refractivity contribution < 1.29 is 23.7 Å². The van der Waals surface area contributed by atoms with Gasteiger partial charge in [-0.05, 0) is 6.92 Å². The molecular formula is C13H14N2O6. The number of pyridine rings is 2. The first kappa shape index (κ1) is 14.6. The summed E-state index contributed by atoms with van der Waals surface area (Å²) in [5.41, 5.74) is -0.129. The summed E-state index contributed by atoms with van der Waals surface area (Å²) < 4.78 is 19.6. The third-order valence-corrected chi connectivity index (χ3v) is 2.64. The molecule has 0 radical (unpaired) electrons. The lowest BCUT2D eigenvalue weighted by molar-refractivity contribution is 0.104.